The van der Waals surface area contributed by atoms with Crippen molar-refractivity contribution in [3.05, 3.63) is 70.0 Å². The normalized spacial score (nSPS) is 20.5. The third-order valence-electron chi connectivity index (χ3n) is 7.45. The molecule has 0 spiro atoms. The molecule has 2 aliphatic heterocycles. The van der Waals surface area contributed by atoms with Gasteiger partial charge in [-0.05, 0) is 60.4 Å². The van der Waals surface area contributed by atoms with E-state index in [1.807, 2.05) is 0 Å². The van der Waals surface area contributed by atoms with Gasteiger partial charge in [-0.15, -0.1) is 0 Å². The summed E-state index contributed by atoms with van der Waals surface area (Å²) in [4.78, 5) is 29.3. The summed E-state index contributed by atoms with van der Waals surface area (Å²) in [5, 5.41) is 3.04. The van der Waals surface area contributed by atoms with Crippen LogP contribution < -0.4 is 5.32 Å². The zero-order chi connectivity index (χ0) is 28.7. The monoisotopic (exact) mass is 559 g/mol. The van der Waals surface area contributed by atoms with Crippen LogP contribution in [0.3, 0.4) is 0 Å². The maximum absolute atomic E-state index is 13.8. The van der Waals surface area contributed by atoms with E-state index in [1.54, 1.807) is 17.9 Å². The average molecular weight is 560 g/mol. The highest BCUT2D eigenvalue weighted by Gasteiger charge is 2.41. The third kappa shape index (κ3) is 6.37. The molecule has 2 fully saturated rings. The number of hydrogen-bond donors (Lipinski definition) is 1. The highest BCUT2D eigenvalue weighted by molar-refractivity contribution is 5.83. The van der Waals surface area contributed by atoms with E-state index in [4.69, 9.17) is 0 Å². The van der Waals surface area contributed by atoms with Crippen molar-refractivity contribution in [1.29, 1.82) is 0 Å². The van der Waals surface area contributed by atoms with Crippen molar-refractivity contribution < 1.29 is 40.3 Å². The Morgan fingerprint density at radius 3 is 2.13 bits per heavy atom. The van der Waals surface area contributed by atoms with Gasteiger partial charge < -0.3 is 15.1 Å². The Morgan fingerprint density at radius 1 is 1.00 bits per heavy atom. The molecule has 2 aliphatic rings. The van der Waals surface area contributed by atoms with Crippen LogP contribution in [0.25, 0.3) is 0 Å². The predicted octanol–water partition coefficient (Wildman–Crippen LogP) is 4.98. The van der Waals surface area contributed by atoms with Crippen LogP contribution in [0.15, 0.2) is 36.4 Å². The van der Waals surface area contributed by atoms with Crippen LogP contribution in [0.2, 0.25) is 0 Å². The third-order valence-corrected chi connectivity index (χ3v) is 7.45. The van der Waals surface area contributed by atoms with E-state index < -0.39 is 53.6 Å². The van der Waals surface area contributed by atoms with E-state index >= 15 is 0 Å². The van der Waals surface area contributed by atoms with Crippen LogP contribution in [0.1, 0.15) is 40.2 Å². The van der Waals surface area contributed by atoms with Crippen LogP contribution in [0.4, 0.5) is 30.7 Å². The molecule has 1 N–H and O–H groups in total. The molecule has 0 aliphatic carbocycles. The van der Waals surface area contributed by atoms with Crippen molar-refractivity contribution in [2.45, 2.75) is 38.2 Å². The minimum Gasteiger partial charge on any atom is -0.342 e. The number of hydrogen-bond acceptors (Lipinski definition) is 3. The molecule has 0 radical (unpaired) electrons. The van der Waals surface area contributed by atoms with Gasteiger partial charge in [0.25, 0.3) is 0 Å². The van der Waals surface area contributed by atoms with Gasteiger partial charge in [-0.1, -0.05) is 6.07 Å². The van der Waals surface area contributed by atoms with Crippen LogP contribution >= 0.6 is 0 Å². The molecule has 5 nitrogen and oxygen atoms in total. The van der Waals surface area contributed by atoms with Crippen molar-refractivity contribution in [2.24, 2.45) is 11.8 Å². The number of aryl methyl sites for hydroxylation is 1. The molecule has 2 amide bonds. The fourth-order valence-corrected chi connectivity index (χ4v) is 5.29. The topological polar surface area (TPSA) is 52.7 Å². The summed E-state index contributed by atoms with van der Waals surface area (Å²) < 4.78 is 93.7. The summed E-state index contributed by atoms with van der Waals surface area (Å²) in [6.07, 6.45) is -9.76. The molecule has 0 saturated carbocycles. The molecule has 2 saturated heterocycles. The number of nitrogens with one attached hydrogen (secondary N) is 1. The predicted molar refractivity (Wildman–Crippen MR) is 128 cm³/mol. The van der Waals surface area contributed by atoms with E-state index in [0.717, 1.165) is 4.90 Å². The van der Waals surface area contributed by atoms with E-state index in [2.05, 4.69) is 5.32 Å². The molecule has 2 aromatic carbocycles. The fourth-order valence-electron chi connectivity index (χ4n) is 5.29. The van der Waals surface area contributed by atoms with E-state index in [1.165, 1.54) is 19.2 Å². The summed E-state index contributed by atoms with van der Waals surface area (Å²) in [5.74, 6) is -2.41. The van der Waals surface area contributed by atoms with Crippen molar-refractivity contribution in [3.8, 4) is 0 Å². The molecule has 12 heteroatoms. The number of piperidine rings is 1. The first-order valence-electron chi connectivity index (χ1n) is 12.4. The highest BCUT2D eigenvalue weighted by Crippen LogP contribution is 2.38. The summed E-state index contributed by atoms with van der Waals surface area (Å²) in [6.45, 7) is 2.77. The molecular formula is C27H28F7N3O2. The lowest BCUT2D eigenvalue weighted by Gasteiger charge is -2.42. The number of benzene rings is 2. The maximum Gasteiger partial charge on any atom is 0.416 e. The van der Waals surface area contributed by atoms with Crippen molar-refractivity contribution in [2.75, 3.05) is 33.2 Å². The lowest BCUT2D eigenvalue weighted by atomic mass is 9.78. The second kappa shape index (κ2) is 10.8. The van der Waals surface area contributed by atoms with E-state index in [-0.39, 0.29) is 43.0 Å². The SMILES string of the molecule is Cc1cc(F)ccc1[C@@H]1CN(C(=O)C2CNC2)CC[C@H]1C(=O)N(C)Cc1cc(C(F)(F)F)cc(C(F)(F)F)c1. The van der Waals surface area contributed by atoms with Crippen LogP contribution in [0.5, 0.6) is 0 Å². The Kier molecular flexibility index (Phi) is 7.98. The minimum atomic E-state index is -5.00. The minimum absolute atomic E-state index is 0.0447. The molecular weight excluding hydrogens is 531 g/mol. The number of likely N-dealkylation sites (tertiary alicyclic amines) is 1. The van der Waals surface area contributed by atoms with Gasteiger partial charge in [-0.2, -0.15) is 26.3 Å². The van der Waals surface area contributed by atoms with Gasteiger partial charge in [0, 0.05) is 51.6 Å². The van der Waals surface area contributed by atoms with Gasteiger partial charge in [-0.25, -0.2) is 4.39 Å². The quantitative estimate of drug-likeness (QED) is 0.526. The number of amides is 2. The fraction of sp³-hybridized carbons (Fsp3) is 0.481. The number of nitrogens with zero attached hydrogens (tertiary/aromatic N) is 2. The largest absolute Gasteiger partial charge is 0.416 e. The molecule has 2 heterocycles. The summed E-state index contributed by atoms with van der Waals surface area (Å²) in [5.41, 5.74) is -1.98. The smallest absolute Gasteiger partial charge is 0.342 e. The Labute approximate surface area is 221 Å². The Balaban J connectivity index is 1.61. The summed E-state index contributed by atoms with van der Waals surface area (Å²) in [6, 6.07) is 5.38. The second-order valence-corrected chi connectivity index (χ2v) is 10.3. The van der Waals surface area contributed by atoms with Gasteiger partial charge in [0.05, 0.1) is 17.0 Å². The average Bonchev–Trinajstić information content (AvgIpc) is 2.81. The lowest BCUT2D eigenvalue weighted by molar-refractivity contribution is -0.144. The zero-order valence-electron chi connectivity index (χ0n) is 21.3. The first kappa shape index (κ1) is 28.8. The standard InChI is InChI=1S/C27H28F7N3O2/c1-15-7-20(28)3-4-21(15)23-14-37(24(38)17-11-35-12-17)6-5-22(23)25(39)36(2)13-16-8-18(26(29,30)31)10-19(9-16)27(32,33)34/h3-4,7-10,17,22-23,35H,5-6,11-14H2,1-2H3/t22-,23+/m1/s1. The van der Waals surface area contributed by atoms with Crippen molar-refractivity contribution >= 4 is 11.8 Å². The summed E-state index contributed by atoms with van der Waals surface area (Å²) in [7, 11) is 1.32. The number of carbonyl (C=O) groups excluding carboxylic acids is 2. The molecule has 2 aromatic rings. The van der Waals surface area contributed by atoms with Gasteiger partial charge >= 0.3 is 12.4 Å². The van der Waals surface area contributed by atoms with Gasteiger partial charge in [0.15, 0.2) is 0 Å². The first-order valence-corrected chi connectivity index (χ1v) is 12.4. The molecule has 0 bridgehead atoms. The van der Waals surface area contributed by atoms with Gasteiger partial charge in [0.2, 0.25) is 11.8 Å². The van der Waals surface area contributed by atoms with E-state index in [0.29, 0.717) is 36.3 Å². The number of carbonyl (C=O) groups is 2. The number of halogens is 7. The molecule has 39 heavy (non-hydrogen) atoms. The van der Waals surface area contributed by atoms with Gasteiger partial charge in [0.1, 0.15) is 5.82 Å². The molecule has 212 valence electrons. The first-order chi connectivity index (χ1) is 18.1. The Morgan fingerprint density at radius 2 is 1.62 bits per heavy atom. The molecule has 0 aromatic heterocycles. The van der Waals surface area contributed by atoms with Gasteiger partial charge in [-0.3, -0.25) is 9.59 Å². The molecule has 2 atom stereocenters. The highest BCUT2D eigenvalue weighted by atomic mass is 19.4. The Hall–Kier alpha value is -3.15. The number of alkyl halides is 6. The molecule has 4 rings (SSSR count). The van der Waals surface area contributed by atoms with Crippen molar-refractivity contribution in [1.82, 2.24) is 15.1 Å². The Bertz CT molecular complexity index is 1210. The van der Waals surface area contributed by atoms with Crippen LogP contribution in [-0.4, -0.2) is 54.8 Å². The summed E-state index contributed by atoms with van der Waals surface area (Å²) >= 11 is 0. The zero-order valence-corrected chi connectivity index (χ0v) is 21.3. The lowest BCUT2D eigenvalue weighted by Crippen LogP contribution is -2.55. The van der Waals surface area contributed by atoms with Crippen molar-refractivity contribution in [3.63, 3.8) is 0 Å². The number of rotatable bonds is 5. The second-order valence-electron chi connectivity index (χ2n) is 10.3. The molecule has 0 unspecified atom stereocenters. The van der Waals surface area contributed by atoms with E-state index in [9.17, 15) is 40.3 Å². The maximum atomic E-state index is 13.8. The van der Waals surface area contributed by atoms with Crippen LogP contribution in [-0.2, 0) is 28.5 Å². The van der Waals surface area contributed by atoms with Crippen LogP contribution in [0, 0.1) is 24.6 Å².